The van der Waals surface area contributed by atoms with Gasteiger partial charge in [-0.1, -0.05) is 37.8 Å². The molecule has 2 atom stereocenters. The van der Waals surface area contributed by atoms with Gasteiger partial charge in [0.05, 0.1) is 7.11 Å². The summed E-state index contributed by atoms with van der Waals surface area (Å²) in [5.74, 6) is 1.14. The molecule has 33 heavy (non-hydrogen) atoms. The van der Waals surface area contributed by atoms with Gasteiger partial charge in [-0.15, -0.1) is 0 Å². The molecule has 8 heteroatoms. The first-order valence-corrected chi connectivity index (χ1v) is 15.1. The average Bonchev–Trinajstić information content (AvgIpc) is 3.51. The summed E-state index contributed by atoms with van der Waals surface area (Å²) < 4.78 is 13.6. The minimum atomic E-state index is -1.18. The molecule has 2 heterocycles. The Hall–Kier alpha value is -2.68. The second-order valence-electron chi connectivity index (χ2n) is 9.90. The number of ether oxygens (including phenoxy) is 2. The third kappa shape index (κ3) is 5.46. The monoisotopic (exact) mass is 467 g/mol. The molecule has 1 fully saturated rings. The molecule has 0 radical (unpaired) electrons. The SMILES string of the molecule is COc1ccccc1-c1cn(COCC[Si](C)(C)C)c2nc(NC(=O)[C@@H]3C[C@H]3CO)ccc12. The normalized spacial score (nSPS) is 17.8. The zero-order chi connectivity index (χ0) is 23.6. The van der Waals surface area contributed by atoms with E-state index in [-0.39, 0.29) is 24.3 Å². The van der Waals surface area contributed by atoms with Crippen LogP contribution in [0.25, 0.3) is 22.2 Å². The second-order valence-corrected chi connectivity index (χ2v) is 15.5. The minimum absolute atomic E-state index is 0.0461. The predicted octanol–water partition coefficient (Wildman–Crippen LogP) is 4.59. The maximum Gasteiger partial charge on any atom is 0.229 e. The molecule has 0 spiro atoms. The Morgan fingerprint density at radius 1 is 1.21 bits per heavy atom. The quantitative estimate of drug-likeness (QED) is 0.336. The Morgan fingerprint density at radius 2 is 2.00 bits per heavy atom. The van der Waals surface area contributed by atoms with Gasteiger partial charge in [0, 0.05) is 49.9 Å². The number of nitrogens with one attached hydrogen (secondary N) is 1. The number of benzene rings is 1. The number of carbonyl (C=O) groups excluding carboxylic acids is 1. The Kier molecular flexibility index (Phi) is 6.88. The van der Waals surface area contributed by atoms with Crippen molar-refractivity contribution in [3.63, 3.8) is 0 Å². The van der Waals surface area contributed by atoms with E-state index in [2.05, 4.69) is 25.0 Å². The molecule has 0 bridgehead atoms. The van der Waals surface area contributed by atoms with E-state index in [9.17, 15) is 9.90 Å². The van der Waals surface area contributed by atoms with Gasteiger partial charge in [-0.25, -0.2) is 4.98 Å². The molecule has 7 nitrogen and oxygen atoms in total. The Bertz CT molecular complexity index is 1140. The first-order valence-electron chi connectivity index (χ1n) is 11.4. The van der Waals surface area contributed by atoms with Crippen LogP contribution >= 0.6 is 0 Å². The fraction of sp³-hybridized carbons (Fsp3) is 0.440. The zero-order valence-electron chi connectivity index (χ0n) is 19.8. The molecular formula is C25H33N3O4Si. The van der Waals surface area contributed by atoms with Gasteiger partial charge in [0.2, 0.25) is 5.91 Å². The molecule has 0 aliphatic heterocycles. The summed E-state index contributed by atoms with van der Waals surface area (Å²) >= 11 is 0. The average molecular weight is 468 g/mol. The number of aliphatic hydroxyl groups is 1. The van der Waals surface area contributed by atoms with Crippen LogP contribution in [0, 0.1) is 11.8 Å². The first kappa shape index (κ1) is 23.5. The van der Waals surface area contributed by atoms with Crippen LogP contribution < -0.4 is 10.1 Å². The summed E-state index contributed by atoms with van der Waals surface area (Å²) in [5.41, 5.74) is 2.73. The highest BCUT2D eigenvalue weighted by molar-refractivity contribution is 6.76. The van der Waals surface area contributed by atoms with Gasteiger partial charge in [-0.2, -0.15) is 0 Å². The molecular weight excluding hydrogens is 434 g/mol. The van der Waals surface area contributed by atoms with E-state index < -0.39 is 8.07 Å². The summed E-state index contributed by atoms with van der Waals surface area (Å²) in [6.45, 7) is 8.14. The zero-order valence-corrected chi connectivity index (χ0v) is 20.8. The van der Waals surface area contributed by atoms with Crippen molar-refractivity contribution in [3.8, 4) is 16.9 Å². The van der Waals surface area contributed by atoms with Crippen molar-refractivity contribution in [2.75, 3.05) is 25.6 Å². The van der Waals surface area contributed by atoms with Crippen molar-refractivity contribution in [1.82, 2.24) is 9.55 Å². The first-order chi connectivity index (χ1) is 15.8. The highest BCUT2D eigenvalue weighted by Crippen LogP contribution is 2.39. The maximum absolute atomic E-state index is 12.5. The van der Waals surface area contributed by atoms with Gasteiger partial charge >= 0.3 is 0 Å². The van der Waals surface area contributed by atoms with Crippen LogP contribution in [0.2, 0.25) is 25.7 Å². The second kappa shape index (κ2) is 9.67. The number of carbonyl (C=O) groups is 1. The molecule has 1 aromatic carbocycles. The highest BCUT2D eigenvalue weighted by atomic mass is 28.3. The predicted molar refractivity (Wildman–Crippen MR) is 133 cm³/mol. The minimum Gasteiger partial charge on any atom is -0.496 e. The summed E-state index contributed by atoms with van der Waals surface area (Å²) in [5, 5.41) is 13.1. The van der Waals surface area contributed by atoms with Gasteiger partial charge in [-0.3, -0.25) is 4.79 Å². The molecule has 0 unspecified atom stereocenters. The number of aromatic nitrogens is 2. The van der Waals surface area contributed by atoms with Crippen LogP contribution in [-0.2, 0) is 16.3 Å². The van der Waals surface area contributed by atoms with Gasteiger partial charge in [0.25, 0.3) is 0 Å². The van der Waals surface area contributed by atoms with Crippen molar-refractivity contribution < 1.29 is 19.4 Å². The molecule has 3 aromatic rings. The number of anilines is 1. The van der Waals surface area contributed by atoms with Gasteiger partial charge in [0.15, 0.2) is 0 Å². The van der Waals surface area contributed by atoms with E-state index >= 15 is 0 Å². The van der Waals surface area contributed by atoms with Crippen molar-refractivity contribution in [2.24, 2.45) is 11.8 Å². The van der Waals surface area contributed by atoms with Crippen LogP contribution in [0.15, 0.2) is 42.6 Å². The summed E-state index contributed by atoms with van der Waals surface area (Å²) in [6, 6.07) is 12.8. The topological polar surface area (TPSA) is 85.6 Å². The van der Waals surface area contributed by atoms with Gasteiger partial charge < -0.3 is 24.5 Å². The van der Waals surface area contributed by atoms with Crippen molar-refractivity contribution in [2.45, 2.75) is 38.8 Å². The van der Waals surface area contributed by atoms with Crippen molar-refractivity contribution in [1.29, 1.82) is 0 Å². The lowest BCUT2D eigenvalue weighted by Gasteiger charge is -2.15. The van der Waals surface area contributed by atoms with Crippen LogP contribution in [0.4, 0.5) is 5.82 Å². The molecule has 1 saturated carbocycles. The van der Waals surface area contributed by atoms with E-state index in [0.29, 0.717) is 19.2 Å². The molecule has 1 amide bonds. The Morgan fingerprint density at radius 3 is 2.70 bits per heavy atom. The van der Waals surface area contributed by atoms with Gasteiger partial charge in [0.1, 0.15) is 23.9 Å². The van der Waals surface area contributed by atoms with E-state index in [4.69, 9.17) is 14.5 Å². The van der Waals surface area contributed by atoms with Crippen LogP contribution in [0.5, 0.6) is 5.75 Å². The number of para-hydroxylation sites is 1. The smallest absolute Gasteiger partial charge is 0.229 e. The van der Waals surface area contributed by atoms with E-state index in [0.717, 1.165) is 40.4 Å². The fourth-order valence-electron chi connectivity index (χ4n) is 3.94. The molecule has 4 rings (SSSR count). The lowest BCUT2D eigenvalue weighted by atomic mass is 10.0. The largest absolute Gasteiger partial charge is 0.496 e. The number of pyridine rings is 1. The van der Waals surface area contributed by atoms with Crippen LogP contribution in [0.3, 0.4) is 0 Å². The lowest BCUT2D eigenvalue weighted by molar-refractivity contribution is -0.117. The highest BCUT2D eigenvalue weighted by Gasteiger charge is 2.42. The lowest BCUT2D eigenvalue weighted by Crippen LogP contribution is -2.22. The van der Waals surface area contributed by atoms with Crippen molar-refractivity contribution >= 4 is 30.8 Å². The maximum atomic E-state index is 12.5. The van der Waals surface area contributed by atoms with Crippen LogP contribution in [0.1, 0.15) is 6.42 Å². The molecule has 1 aliphatic carbocycles. The molecule has 1 aliphatic rings. The Labute approximate surface area is 195 Å². The number of amides is 1. The number of fused-ring (bicyclic) bond motifs is 1. The van der Waals surface area contributed by atoms with E-state index in [1.165, 1.54) is 0 Å². The number of hydrogen-bond acceptors (Lipinski definition) is 5. The molecule has 2 N–H and O–H groups in total. The third-order valence-electron chi connectivity index (χ3n) is 6.09. The van der Waals surface area contributed by atoms with E-state index in [1.54, 1.807) is 7.11 Å². The van der Waals surface area contributed by atoms with Crippen LogP contribution in [-0.4, -0.2) is 49.0 Å². The Balaban J connectivity index is 1.64. The summed E-state index contributed by atoms with van der Waals surface area (Å²) in [7, 11) is 0.486. The van der Waals surface area contributed by atoms with Gasteiger partial charge in [-0.05, 0) is 36.6 Å². The fourth-order valence-corrected chi connectivity index (χ4v) is 4.70. The van der Waals surface area contributed by atoms with E-state index in [1.807, 2.05) is 47.2 Å². The number of nitrogens with zero attached hydrogens (tertiary/aromatic N) is 2. The molecule has 2 aromatic heterocycles. The molecule has 176 valence electrons. The summed E-state index contributed by atoms with van der Waals surface area (Å²) in [6.07, 6.45) is 2.77. The van der Waals surface area contributed by atoms with Crippen molar-refractivity contribution in [3.05, 3.63) is 42.6 Å². The number of methoxy groups -OCH3 is 1. The number of aliphatic hydroxyl groups excluding tert-OH is 1. The standard InChI is InChI=1S/C25H33N3O4Si/c1-31-22-8-6-5-7-18(22)21-14-28(16-32-11-12-33(2,3)4)24-19(21)9-10-23(26-24)27-25(30)20-13-17(20)15-29/h5-10,14,17,20,29H,11-13,15-16H2,1-4H3,(H,26,27,30)/t17-,20+/m0/s1. The number of hydrogen-bond donors (Lipinski definition) is 2. The molecule has 0 saturated heterocycles. The third-order valence-corrected chi connectivity index (χ3v) is 7.80. The summed E-state index contributed by atoms with van der Waals surface area (Å²) in [4.78, 5) is 17.2. The number of rotatable bonds is 10.